The molecule has 2 aromatic rings. The van der Waals surface area contributed by atoms with Crippen LogP contribution in [0.2, 0.25) is 5.15 Å². The normalized spacial score (nSPS) is 15.5. The van der Waals surface area contributed by atoms with Crippen molar-refractivity contribution in [3.8, 4) is 0 Å². The Kier molecular flexibility index (Phi) is 5.76. The molecule has 0 fully saturated rings. The quantitative estimate of drug-likeness (QED) is 0.513. The van der Waals surface area contributed by atoms with Crippen molar-refractivity contribution < 1.29 is 36.2 Å². The minimum Gasteiger partial charge on any atom is -0.369 e. The van der Waals surface area contributed by atoms with Gasteiger partial charge in [-0.15, -0.1) is 0 Å². The topological polar surface area (TPSA) is 53.4 Å². The summed E-state index contributed by atoms with van der Waals surface area (Å²) in [4.78, 5) is 18.0. The van der Waals surface area contributed by atoms with E-state index in [1.54, 1.807) is 0 Å². The van der Waals surface area contributed by atoms with Crippen LogP contribution in [-0.2, 0) is 12.0 Å². The second kappa shape index (κ2) is 7.73. The van der Waals surface area contributed by atoms with Gasteiger partial charge in [-0.2, -0.15) is 26.3 Å². The third-order valence-corrected chi connectivity index (χ3v) is 5.22. The summed E-state index contributed by atoms with van der Waals surface area (Å²) in [7, 11) is 0. The predicted octanol–water partition coefficient (Wildman–Crippen LogP) is 5.03. The first kappa shape index (κ1) is 22.4. The second-order valence-corrected chi connectivity index (χ2v) is 7.16. The van der Waals surface area contributed by atoms with Crippen molar-refractivity contribution in [1.82, 2.24) is 4.98 Å². The highest BCUT2D eigenvalue weighted by Gasteiger charge is 2.71. The highest BCUT2D eigenvalue weighted by Crippen LogP contribution is 2.50. The van der Waals surface area contributed by atoms with E-state index in [2.05, 4.69) is 4.98 Å². The number of nitrogens with zero attached hydrogens (tertiary/aromatic N) is 2. The molecule has 1 aromatic heterocycles. The molecular formula is C19H15ClF6N2O2. The highest BCUT2D eigenvalue weighted by atomic mass is 35.5. The van der Waals surface area contributed by atoms with Crippen LogP contribution in [0.5, 0.6) is 0 Å². The van der Waals surface area contributed by atoms with E-state index in [1.807, 2.05) is 0 Å². The summed E-state index contributed by atoms with van der Waals surface area (Å²) in [5, 5.41) is 9.59. The number of alkyl halides is 6. The fraction of sp³-hybridized carbons (Fsp3) is 0.368. The number of aromatic nitrogens is 1. The lowest BCUT2D eigenvalue weighted by Crippen LogP contribution is -2.54. The highest BCUT2D eigenvalue weighted by molar-refractivity contribution is 6.33. The van der Waals surface area contributed by atoms with Gasteiger partial charge >= 0.3 is 12.4 Å². The summed E-state index contributed by atoms with van der Waals surface area (Å²) in [6.45, 7) is 0.194. The van der Waals surface area contributed by atoms with E-state index in [0.717, 1.165) is 6.07 Å². The predicted molar refractivity (Wildman–Crippen MR) is 96.3 cm³/mol. The van der Waals surface area contributed by atoms with E-state index in [1.165, 1.54) is 23.2 Å². The van der Waals surface area contributed by atoms with Gasteiger partial charge in [0, 0.05) is 24.0 Å². The van der Waals surface area contributed by atoms with Gasteiger partial charge in [0.2, 0.25) is 0 Å². The van der Waals surface area contributed by atoms with Crippen molar-refractivity contribution in [3.05, 3.63) is 58.4 Å². The third kappa shape index (κ3) is 3.74. The molecule has 2 heterocycles. The average Bonchev–Trinajstić information content (AvgIpc) is 2.87. The molecule has 1 amide bonds. The third-order valence-electron chi connectivity index (χ3n) is 4.92. The zero-order valence-electron chi connectivity index (χ0n) is 15.2. The summed E-state index contributed by atoms with van der Waals surface area (Å²) in [6, 6.07) is 5.08. The van der Waals surface area contributed by atoms with Crippen molar-refractivity contribution in [2.75, 3.05) is 11.4 Å². The van der Waals surface area contributed by atoms with Gasteiger partial charge in [0.25, 0.3) is 11.5 Å². The molecule has 0 radical (unpaired) electrons. The van der Waals surface area contributed by atoms with Crippen molar-refractivity contribution in [2.24, 2.45) is 0 Å². The summed E-state index contributed by atoms with van der Waals surface area (Å²) < 4.78 is 79.3. The molecule has 0 saturated heterocycles. The number of pyridine rings is 1. The Balaban J connectivity index is 2.10. The van der Waals surface area contributed by atoms with E-state index in [0.29, 0.717) is 25.0 Å². The number of halogens is 7. The van der Waals surface area contributed by atoms with Crippen LogP contribution in [0.1, 0.15) is 34.3 Å². The molecule has 11 heteroatoms. The molecule has 0 spiro atoms. The number of fused-ring (bicyclic) bond motifs is 1. The number of rotatable bonds is 2. The van der Waals surface area contributed by atoms with Gasteiger partial charge in [0.05, 0.1) is 5.56 Å². The summed E-state index contributed by atoms with van der Waals surface area (Å²) in [5.74, 6) is -0.578. The van der Waals surface area contributed by atoms with E-state index in [4.69, 9.17) is 11.6 Å². The monoisotopic (exact) mass is 452 g/mol. The van der Waals surface area contributed by atoms with Crippen LogP contribution >= 0.6 is 11.6 Å². The average molecular weight is 453 g/mol. The van der Waals surface area contributed by atoms with Crippen molar-refractivity contribution in [2.45, 2.75) is 37.2 Å². The maximum Gasteiger partial charge on any atom is 0.430 e. The van der Waals surface area contributed by atoms with Crippen molar-refractivity contribution in [1.29, 1.82) is 0 Å². The van der Waals surface area contributed by atoms with Gasteiger partial charge in [0.15, 0.2) is 0 Å². The lowest BCUT2D eigenvalue weighted by Gasteiger charge is -2.33. The molecule has 0 unspecified atom stereocenters. The van der Waals surface area contributed by atoms with Crippen molar-refractivity contribution >= 4 is 23.2 Å². The van der Waals surface area contributed by atoms with Gasteiger partial charge in [-0.3, -0.25) is 4.79 Å². The van der Waals surface area contributed by atoms with Crippen LogP contribution in [-0.4, -0.2) is 34.9 Å². The molecule has 1 N–H and O–H groups in total. The number of aryl methyl sites for hydroxylation is 1. The lowest BCUT2D eigenvalue weighted by molar-refractivity contribution is -0.376. The Hall–Kier alpha value is -2.33. The number of hydrogen-bond acceptors (Lipinski definition) is 3. The van der Waals surface area contributed by atoms with Crippen LogP contribution in [0.25, 0.3) is 0 Å². The van der Waals surface area contributed by atoms with Gasteiger partial charge in [-0.1, -0.05) is 23.7 Å². The molecule has 4 nitrogen and oxygen atoms in total. The molecule has 1 aliphatic heterocycles. The van der Waals surface area contributed by atoms with Gasteiger partial charge in [0.1, 0.15) is 5.15 Å². The smallest absolute Gasteiger partial charge is 0.369 e. The number of carbonyl (C=O) groups is 1. The number of anilines is 1. The molecule has 162 valence electrons. The lowest BCUT2D eigenvalue weighted by atomic mass is 9.89. The largest absolute Gasteiger partial charge is 0.430 e. The first-order valence-electron chi connectivity index (χ1n) is 8.79. The maximum atomic E-state index is 13.2. The molecule has 3 rings (SSSR count). The zero-order chi connectivity index (χ0) is 22.3. The summed E-state index contributed by atoms with van der Waals surface area (Å²) in [5.41, 5.74) is -6.07. The summed E-state index contributed by atoms with van der Waals surface area (Å²) >= 11 is 5.95. The van der Waals surface area contributed by atoms with E-state index in [9.17, 15) is 36.2 Å². The second-order valence-electron chi connectivity index (χ2n) is 6.81. The Morgan fingerprint density at radius 1 is 1.07 bits per heavy atom. The molecule has 0 bridgehead atoms. The standard InChI is InChI=1S/C19H15ClF6N2O2/c20-15-13(5-3-8-27-15)16(29)28-9-2-1-4-11-10-12(6-7-14(11)28)17(30,18(21,22)23)19(24,25)26/h3,5-8,10,30H,1-2,4,9H2. The van der Waals surface area contributed by atoms with Crippen LogP contribution in [0.4, 0.5) is 32.0 Å². The van der Waals surface area contributed by atoms with E-state index in [-0.39, 0.29) is 34.9 Å². The molecular weight excluding hydrogens is 438 g/mol. The number of hydrogen-bond donors (Lipinski definition) is 1. The first-order chi connectivity index (χ1) is 13.9. The Labute approximate surface area is 172 Å². The van der Waals surface area contributed by atoms with Gasteiger partial charge in [-0.25, -0.2) is 4.98 Å². The zero-order valence-corrected chi connectivity index (χ0v) is 15.9. The number of amides is 1. The molecule has 0 atom stereocenters. The number of benzene rings is 1. The van der Waals surface area contributed by atoms with E-state index >= 15 is 0 Å². The van der Waals surface area contributed by atoms with Gasteiger partial charge in [-0.05, 0) is 43.0 Å². The van der Waals surface area contributed by atoms with Crippen LogP contribution in [0, 0.1) is 0 Å². The molecule has 1 aromatic carbocycles. The van der Waals surface area contributed by atoms with Gasteiger partial charge < -0.3 is 10.0 Å². The number of carbonyl (C=O) groups excluding carboxylic acids is 1. The van der Waals surface area contributed by atoms with Crippen molar-refractivity contribution in [3.63, 3.8) is 0 Å². The van der Waals surface area contributed by atoms with Crippen LogP contribution in [0.15, 0.2) is 36.5 Å². The van der Waals surface area contributed by atoms with Crippen LogP contribution < -0.4 is 4.90 Å². The SMILES string of the molecule is O=C(c1cccnc1Cl)N1CCCCc2cc(C(O)(C(F)(F)F)C(F)(F)F)ccc21. The summed E-state index contributed by atoms with van der Waals surface area (Å²) in [6.07, 6.45) is -9.56. The fourth-order valence-corrected chi connectivity index (χ4v) is 3.57. The minimum absolute atomic E-state index is 0.0539. The maximum absolute atomic E-state index is 13.2. The minimum atomic E-state index is -5.98. The molecule has 0 aliphatic carbocycles. The first-order valence-corrected chi connectivity index (χ1v) is 9.17. The molecule has 30 heavy (non-hydrogen) atoms. The Morgan fingerprint density at radius 2 is 1.73 bits per heavy atom. The van der Waals surface area contributed by atoms with E-state index < -0.39 is 29.4 Å². The fourth-order valence-electron chi connectivity index (χ4n) is 3.37. The Morgan fingerprint density at radius 3 is 2.33 bits per heavy atom. The molecule has 1 aliphatic rings. The Bertz CT molecular complexity index is 947. The number of aliphatic hydroxyl groups is 1. The van der Waals surface area contributed by atoms with Crippen LogP contribution in [0.3, 0.4) is 0 Å². The molecule has 0 saturated carbocycles.